The van der Waals surface area contributed by atoms with Crippen LogP contribution in [0, 0.1) is 12.8 Å². The van der Waals surface area contributed by atoms with Crippen molar-refractivity contribution in [3.63, 3.8) is 0 Å². The first kappa shape index (κ1) is 22.1. The van der Waals surface area contributed by atoms with E-state index < -0.39 is 0 Å². The second kappa shape index (κ2) is 9.65. The van der Waals surface area contributed by atoms with Crippen molar-refractivity contribution in [1.82, 2.24) is 5.01 Å². The molecule has 3 aliphatic rings. The maximum absolute atomic E-state index is 13.8. The van der Waals surface area contributed by atoms with Crippen LogP contribution in [0.1, 0.15) is 56.1 Å². The third kappa shape index (κ3) is 4.30. The number of hydrazone groups is 1. The molecule has 2 amide bonds. The lowest BCUT2D eigenvalue weighted by atomic mass is 9.80. The summed E-state index contributed by atoms with van der Waals surface area (Å²) in [4.78, 5) is 15.3. The Morgan fingerprint density at radius 1 is 1.03 bits per heavy atom. The van der Waals surface area contributed by atoms with Crippen LogP contribution in [-0.2, 0) is 4.74 Å². The maximum atomic E-state index is 13.8. The Balaban J connectivity index is 1.74. The van der Waals surface area contributed by atoms with Crippen LogP contribution in [0.15, 0.2) is 47.6 Å². The van der Waals surface area contributed by atoms with Crippen molar-refractivity contribution in [3.8, 4) is 11.1 Å². The number of ether oxygens (including phenoxy) is 1. The Morgan fingerprint density at radius 2 is 1.76 bits per heavy atom. The van der Waals surface area contributed by atoms with Gasteiger partial charge in [0.15, 0.2) is 0 Å². The van der Waals surface area contributed by atoms with Gasteiger partial charge in [0.2, 0.25) is 0 Å². The molecule has 0 aromatic heterocycles. The topological polar surface area (TPSA) is 65.4 Å². The van der Waals surface area contributed by atoms with Gasteiger partial charge in [-0.25, -0.2) is 9.80 Å². The minimum Gasteiger partial charge on any atom is -0.381 e. The van der Waals surface area contributed by atoms with Crippen LogP contribution < -0.4 is 4.90 Å². The standard InChI is InChI=1S/C27H33N3O3/c1-19-16-23(20-8-4-2-5-9-20)25-24(17-19)29(18-31)27(32)30(22-12-14-33-15-13-22)28-26(25)21-10-6-3-7-11-21/h2,4-5,8-9,16-17,21-22,31H,3,6-7,10-15,18H2,1H3. The van der Waals surface area contributed by atoms with Gasteiger partial charge in [-0.15, -0.1) is 0 Å². The minimum atomic E-state index is -0.378. The van der Waals surface area contributed by atoms with E-state index in [-0.39, 0.29) is 18.8 Å². The smallest absolute Gasteiger partial charge is 0.347 e. The van der Waals surface area contributed by atoms with E-state index in [4.69, 9.17) is 9.84 Å². The van der Waals surface area contributed by atoms with Gasteiger partial charge in [-0.2, -0.15) is 5.10 Å². The molecule has 0 radical (unpaired) electrons. The summed E-state index contributed by atoms with van der Waals surface area (Å²) in [5.74, 6) is 0.302. The van der Waals surface area contributed by atoms with E-state index in [1.165, 1.54) is 24.2 Å². The summed E-state index contributed by atoms with van der Waals surface area (Å²) in [6.45, 7) is 2.92. The summed E-state index contributed by atoms with van der Waals surface area (Å²) < 4.78 is 5.56. The molecule has 33 heavy (non-hydrogen) atoms. The molecule has 1 saturated heterocycles. The van der Waals surface area contributed by atoms with E-state index >= 15 is 0 Å². The number of amides is 2. The van der Waals surface area contributed by atoms with Gasteiger partial charge < -0.3 is 9.84 Å². The highest BCUT2D eigenvalue weighted by Crippen LogP contribution is 2.40. The number of hydrogen-bond donors (Lipinski definition) is 1. The number of aliphatic hydroxyl groups is 1. The van der Waals surface area contributed by atoms with Crippen LogP contribution in [-0.4, -0.2) is 47.8 Å². The fourth-order valence-corrected chi connectivity index (χ4v) is 5.50. The number of carbonyl (C=O) groups is 1. The molecule has 1 aliphatic carbocycles. The highest BCUT2D eigenvalue weighted by atomic mass is 16.5. The molecule has 5 rings (SSSR count). The lowest BCUT2D eigenvalue weighted by molar-refractivity contribution is 0.0471. The Kier molecular flexibility index (Phi) is 6.47. The SMILES string of the molecule is Cc1cc(-c2ccccc2)c2c(c1)N(CO)C(=O)N(C1CCOCC1)N=C2C1CCCCC1. The quantitative estimate of drug-likeness (QED) is 0.690. The van der Waals surface area contributed by atoms with Crippen LogP contribution >= 0.6 is 0 Å². The third-order valence-electron chi connectivity index (χ3n) is 7.21. The van der Waals surface area contributed by atoms with Crippen LogP contribution in [0.5, 0.6) is 0 Å². The van der Waals surface area contributed by atoms with Gasteiger partial charge in [0.25, 0.3) is 0 Å². The first-order chi connectivity index (χ1) is 16.2. The molecule has 0 unspecified atom stereocenters. The van der Waals surface area contributed by atoms with Crippen LogP contribution in [0.25, 0.3) is 11.1 Å². The first-order valence-corrected chi connectivity index (χ1v) is 12.3. The Morgan fingerprint density at radius 3 is 2.45 bits per heavy atom. The third-order valence-corrected chi connectivity index (χ3v) is 7.21. The second-order valence-corrected chi connectivity index (χ2v) is 9.43. The number of aryl methyl sites for hydroxylation is 1. The van der Waals surface area contributed by atoms with E-state index in [0.717, 1.165) is 59.3 Å². The molecular weight excluding hydrogens is 414 g/mol. The summed E-state index contributed by atoms with van der Waals surface area (Å²) in [5.41, 5.74) is 6.00. The van der Waals surface area contributed by atoms with Crippen molar-refractivity contribution in [2.45, 2.75) is 57.9 Å². The average Bonchev–Trinajstić information content (AvgIpc) is 2.99. The molecule has 2 fully saturated rings. The van der Waals surface area contributed by atoms with Crippen LogP contribution in [0.3, 0.4) is 0 Å². The van der Waals surface area contributed by atoms with Gasteiger partial charge in [-0.3, -0.25) is 4.90 Å². The zero-order chi connectivity index (χ0) is 22.8. The zero-order valence-corrected chi connectivity index (χ0v) is 19.4. The molecule has 0 bridgehead atoms. The number of benzene rings is 2. The summed E-state index contributed by atoms with van der Waals surface area (Å²) in [6, 6.07) is 14.3. The Bertz CT molecular complexity index is 1020. The normalized spacial score (nSPS) is 20.4. The summed E-state index contributed by atoms with van der Waals surface area (Å²) in [7, 11) is 0. The van der Waals surface area contributed by atoms with Gasteiger partial charge in [0.05, 0.1) is 17.4 Å². The van der Waals surface area contributed by atoms with E-state index in [2.05, 4.69) is 18.2 Å². The monoisotopic (exact) mass is 447 g/mol. The van der Waals surface area contributed by atoms with E-state index in [1.54, 1.807) is 5.01 Å². The second-order valence-electron chi connectivity index (χ2n) is 9.43. The Hall–Kier alpha value is -2.70. The number of anilines is 1. The fourth-order valence-electron chi connectivity index (χ4n) is 5.50. The molecule has 2 aromatic carbocycles. The molecular formula is C27H33N3O3. The van der Waals surface area contributed by atoms with Gasteiger partial charge in [-0.1, -0.05) is 55.7 Å². The number of hydrogen-bond acceptors (Lipinski definition) is 4. The molecule has 2 heterocycles. The highest BCUT2D eigenvalue weighted by molar-refractivity contribution is 6.15. The van der Waals surface area contributed by atoms with E-state index in [1.807, 2.05) is 31.2 Å². The highest BCUT2D eigenvalue weighted by Gasteiger charge is 2.38. The van der Waals surface area contributed by atoms with Gasteiger partial charge >= 0.3 is 6.03 Å². The van der Waals surface area contributed by atoms with Crippen molar-refractivity contribution in [3.05, 3.63) is 53.6 Å². The Labute approximate surface area is 195 Å². The first-order valence-electron chi connectivity index (χ1n) is 12.3. The van der Waals surface area contributed by atoms with Gasteiger partial charge in [0.1, 0.15) is 6.73 Å². The zero-order valence-electron chi connectivity index (χ0n) is 19.4. The predicted molar refractivity (Wildman–Crippen MR) is 130 cm³/mol. The molecule has 1 saturated carbocycles. The maximum Gasteiger partial charge on any atom is 0.347 e. The molecule has 1 N–H and O–H groups in total. The van der Waals surface area contributed by atoms with E-state index in [9.17, 15) is 9.90 Å². The summed E-state index contributed by atoms with van der Waals surface area (Å²) >= 11 is 0. The number of carbonyl (C=O) groups excluding carboxylic acids is 1. The molecule has 0 spiro atoms. The number of urea groups is 1. The van der Waals surface area contributed by atoms with Crippen LogP contribution in [0.2, 0.25) is 0 Å². The lowest BCUT2D eigenvalue weighted by Crippen LogP contribution is -2.47. The summed E-state index contributed by atoms with van der Waals surface area (Å²) in [6.07, 6.45) is 7.29. The fraction of sp³-hybridized carbons (Fsp3) is 0.481. The predicted octanol–water partition coefficient (Wildman–Crippen LogP) is 5.32. The summed E-state index contributed by atoms with van der Waals surface area (Å²) in [5, 5.41) is 17.2. The molecule has 0 atom stereocenters. The average molecular weight is 448 g/mol. The number of aliphatic hydroxyl groups excluding tert-OH is 1. The van der Waals surface area contributed by atoms with Gasteiger partial charge in [-0.05, 0) is 55.4 Å². The van der Waals surface area contributed by atoms with Crippen molar-refractivity contribution in [2.24, 2.45) is 11.0 Å². The molecule has 174 valence electrons. The van der Waals surface area contributed by atoms with Crippen molar-refractivity contribution in [1.29, 1.82) is 0 Å². The molecule has 2 aliphatic heterocycles. The van der Waals surface area contributed by atoms with Crippen molar-refractivity contribution >= 4 is 17.4 Å². The van der Waals surface area contributed by atoms with Crippen LogP contribution in [0.4, 0.5) is 10.5 Å². The van der Waals surface area contributed by atoms with Gasteiger partial charge in [0, 0.05) is 24.7 Å². The van der Waals surface area contributed by atoms with Crippen molar-refractivity contribution in [2.75, 3.05) is 24.8 Å². The lowest BCUT2D eigenvalue weighted by Gasteiger charge is -2.33. The largest absolute Gasteiger partial charge is 0.381 e. The number of rotatable bonds is 4. The number of fused-ring (bicyclic) bond motifs is 1. The minimum absolute atomic E-state index is 0.0190. The van der Waals surface area contributed by atoms with Crippen molar-refractivity contribution < 1.29 is 14.6 Å². The molecule has 6 nitrogen and oxygen atoms in total. The number of nitrogens with zero attached hydrogens (tertiary/aromatic N) is 3. The van der Waals surface area contributed by atoms with E-state index in [0.29, 0.717) is 19.1 Å². The molecule has 2 aromatic rings. The molecule has 6 heteroatoms.